The Balaban J connectivity index is 1.43. The minimum absolute atomic E-state index is 0.0937. The van der Waals surface area contributed by atoms with Crippen LogP contribution in [-0.2, 0) is 11.3 Å². The van der Waals surface area contributed by atoms with Gasteiger partial charge < -0.3 is 14.5 Å². The van der Waals surface area contributed by atoms with Crippen molar-refractivity contribution >= 4 is 38.9 Å². The number of amides is 1. The number of allylic oxidation sites excluding steroid dienone is 2. The van der Waals surface area contributed by atoms with Gasteiger partial charge in [0.05, 0.1) is 11.6 Å². The highest BCUT2D eigenvalue weighted by molar-refractivity contribution is 6.33. The number of carbonyl (C=O) groups is 1. The number of hydrogen-bond donors (Lipinski definition) is 1. The predicted octanol–water partition coefficient (Wildman–Crippen LogP) is 6.97. The zero-order valence-electron chi connectivity index (χ0n) is 20.0. The molecule has 176 valence electrons. The van der Waals surface area contributed by atoms with Gasteiger partial charge in [-0.15, -0.1) is 0 Å². The molecular formula is C32H27N3O. The summed E-state index contributed by atoms with van der Waals surface area (Å²) in [6.07, 6.45) is 11.1. The second-order valence-electron chi connectivity index (χ2n) is 9.79. The molecule has 0 fully saturated rings. The Morgan fingerprint density at radius 2 is 1.64 bits per heavy atom. The summed E-state index contributed by atoms with van der Waals surface area (Å²) in [7, 11) is 0. The standard InChI is InChI=1S/C32H27N3O/c36-32-31(26-18-33-29-16-8-6-14-24(26)29)28(20-34(32)19-22-10-2-1-3-11-22)27-21-35(23-12-4-5-13-23)30-17-9-7-15-25(27)30/h1-4,6-12,14-18,21,23,33H,5,13,19-20H2/t23-/m0/s1. The second-order valence-corrected chi connectivity index (χ2v) is 9.79. The topological polar surface area (TPSA) is 41.0 Å². The Bertz CT molecular complexity index is 1670. The van der Waals surface area contributed by atoms with Gasteiger partial charge in [0.15, 0.2) is 0 Å². The van der Waals surface area contributed by atoms with E-state index in [1.807, 2.05) is 41.4 Å². The number of aromatic nitrogens is 2. The number of nitrogens with one attached hydrogen (secondary N) is 1. The molecule has 0 saturated heterocycles. The highest BCUT2D eigenvalue weighted by atomic mass is 16.2. The van der Waals surface area contributed by atoms with Crippen molar-refractivity contribution in [1.29, 1.82) is 0 Å². The summed E-state index contributed by atoms with van der Waals surface area (Å²) in [6.45, 7) is 1.19. The van der Waals surface area contributed by atoms with Crippen molar-refractivity contribution < 1.29 is 4.79 Å². The van der Waals surface area contributed by atoms with Crippen LogP contribution in [0, 0.1) is 0 Å². The van der Waals surface area contributed by atoms with Crippen molar-refractivity contribution in [2.75, 3.05) is 6.54 Å². The van der Waals surface area contributed by atoms with Crippen molar-refractivity contribution in [3.05, 3.63) is 120 Å². The summed E-state index contributed by atoms with van der Waals surface area (Å²) in [6, 6.07) is 27.5. The van der Waals surface area contributed by atoms with Crippen LogP contribution in [0.15, 0.2) is 103 Å². The van der Waals surface area contributed by atoms with E-state index in [2.05, 4.69) is 76.4 Å². The maximum atomic E-state index is 14.1. The van der Waals surface area contributed by atoms with Gasteiger partial charge in [0.2, 0.25) is 0 Å². The van der Waals surface area contributed by atoms with Crippen LogP contribution in [0.3, 0.4) is 0 Å². The van der Waals surface area contributed by atoms with E-state index in [4.69, 9.17) is 0 Å². The molecule has 1 aliphatic carbocycles. The summed E-state index contributed by atoms with van der Waals surface area (Å²) < 4.78 is 2.40. The predicted molar refractivity (Wildman–Crippen MR) is 146 cm³/mol. The number of fused-ring (bicyclic) bond motifs is 2. The molecule has 1 N–H and O–H groups in total. The molecule has 0 saturated carbocycles. The van der Waals surface area contributed by atoms with E-state index >= 15 is 0 Å². The normalized spacial score (nSPS) is 17.8. The molecule has 1 aliphatic heterocycles. The molecule has 3 aromatic carbocycles. The van der Waals surface area contributed by atoms with Crippen molar-refractivity contribution in [3.63, 3.8) is 0 Å². The first-order chi connectivity index (χ1) is 17.8. The van der Waals surface area contributed by atoms with Gasteiger partial charge in [0.1, 0.15) is 0 Å². The Morgan fingerprint density at radius 1 is 0.861 bits per heavy atom. The molecule has 1 atom stereocenters. The second kappa shape index (κ2) is 8.42. The summed E-state index contributed by atoms with van der Waals surface area (Å²) >= 11 is 0. The zero-order chi connectivity index (χ0) is 24.1. The van der Waals surface area contributed by atoms with E-state index in [1.165, 1.54) is 10.9 Å². The van der Waals surface area contributed by atoms with E-state index < -0.39 is 0 Å². The van der Waals surface area contributed by atoms with Crippen molar-refractivity contribution in [1.82, 2.24) is 14.5 Å². The molecule has 2 aliphatic rings. The molecule has 36 heavy (non-hydrogen) atoms. The maximum absolute atomic E-state index is 14.1. The molecule has 0 unspecified atom stereocenters. The quantitative estimate of drug-likeness (QED) is 0.278. The molecule has 1 amide bonds. The molecule has 0 radical (unpaired) electrons. The molecule has 7 rings (SSSR count). The minimum Gasteiger partial charge on any atom is -0.361 e. The number of para-hydroxylation sites is 2. The Hall–Kier alpha value is -4.31. The van der Waals surface area contributed by atoms with Crippen LogP contribution in [0.4, 0.5) is 0 Å². The van der Waals surface area contributed by atoms with E-state index in [1.54, 1.807) is 0 Å². The van der Waals surface area contributed by atoms with Gasteiger partial charge in [-0.3, -0.25) is 4.79 Å². The molecule has 3 heterocycles. The molecule has 0 spiro atoms. The monoisotopic (exact) mass is 469 g/mol. The van der Waals surface area contributed by atoms with Crippen LogP contribution in [0.25, 0.3) is 33.0 Å². The number of aromatic amines is 1. The lowest BCUT2D eigenvalue weighted by Gasteiger charge is -2.17. The number of hydrogen-bond acceptors (Lipinski definition) is 1. The summed E-state index contributed by atoms with van der Waals surface area (Å²) in [5.41, 5.74) is 7.49. The first-order valence-electron chi connectivity index (χ1n) is 12.7. The Labute approximate surface area is 210 Å². The Morgan fingerprint density at radius 3 is 2.47 bits per heavy atom. The van der Waals surface area contributed by atoms with Crippen LogP contribution in [-0.4, -0.2) is 26.9 Å². The highest BCUT2D eigenvalue weighted by Crippen LogP contribution is 2.42. The smallest absolute Gasteiger partial charge is 0.255 e. The van der Waals surface area contributed by atoms with E-state index in [9.17, 15) is 4.79 Å². The fraction of sp³-hybridized carbons (Fsp3) is 0.156. The lowest BCUT2D eigenvalue weighted by Crippen LogP contribution is -2.26. The molecule has 0 bridgehead atoms. The van der Waals surface area contributed by atoms with Crippen molar-refractivity contribution in [3.8, 4) is 0 Å². The van der Waals surface area contributed by atoms with Crippen LogP contribution in [0.2, 0.25) is 0 Å². The molecule has 4 nitrogen and oxygen atoms in total. The fourth-order valence-corrected chi connectivity index (χ4v) is 5.90. The fourth-order valence-electron chi connectivity index (χ4n) is 5.90. The summed E-state index contributed by atoms with van der Waals surface area (Å²) in [5, 5.41) is 2.29. The van der Waals surface area contributed by atoms with E-state index in [-0.39, 0.29) is 5.91 Å². The zero-order valence-corrected chi connectivity index (χ0v) is 20.0. The SMILES string of the molecule is O=C1C(c2c[nH]c3ccccc23)=C(c2cn([C@H]3C=CCC3)c3ccccc23)CN1Cc1ccccc1. The van der Waals surface area contributed by atoms with Gasteiger partial charge in [-0.05, 0) is 36.1 Å². The molecule has 4 heteroatoms. The third-order valence-electron chi connectivity index (χ3n) is 7.64. The van der Waals surface area contributed by atoms with Gasteiger partial charge in [-0.1, -0.05) is 78.9 Å². The number of rotatable bonds is 5. The van der Waals surface area contributed by atoms with Crippen molar-refractivity contribution in [2.24, 2.45) is 0 Å². The molecule has 2 aromatic heterocycles. The third-order valence-corrected chi connectivity index (χ3v) is 7.64. The number of nitrogens with zero attached hydrogens (tertiary/aromatic N) is 2. The highest BCUT2D eigenvalue weighted by Gasteiger charge is 2.34. The van der Waals surface area contributed by atoms with Crippen LogP contribution >= 0.6 is 0 Å². The number of carbonyl (C=O) groups excluding carboxylic acids is 1. The molecule has 5 aromatic rings. The number of benzene rings is 3. The Kier molecular flexibility index (Phi) is 4.91. The van der Waals surface area contributed by atoms with Gasteiger partial charge >= 0.3 is 0 Å². The van der Waals surface area contributed by atoms with Crippen molar-refractivity contribution in [2.45, 2.75) is 25.4 Å². The van der Waals surface area contributed by atoms with Crippen LogP contribution < -0.4 is 0 Å². The van der Waals surface area contributed by atoms with E-state index in [0.29, 0.717) is 19.1 Å². The lowest BCUT2D eigenvalue weighted by atomic mass is 9.96. The van der Waals surface area contributed by atoms with Crippen LogP contribution in [0.1, 0.15) is 35.6 Å². The van der Waals surface area contributed by atoms with Gasteiger partial charge in [-0.2, -0.15) is 0 Å². The third kappa shape index (κ3) is 3.33. The first-order valence-corrected chi connectivity index (χ1v) is 12.7. The lowest BCUT2D eigenvalue weighted by molar-refractivity contribution is -0.124. The summed E-state index contributed by atoms with van der Waals surface area (Å²) in [4.78, 5) is 19.5. The average molecular weight is 470 g/mol. The van der Waals surface area contributed by atoms with Gasteiger partial charge in [-0.25, -0.2) is 0 Å². The van der Waals surface area contributed by atoms with Gasteiger partial charge in [0, 0.05) is 58.4 Å². The number of H-pyrrole nitrogens is 1. The minimum atomic E-state index is 0.0937. The maximum Gasteiger partial charge on any atom is 0.255 e. The van der Waals surface area contributed by atoms with Crippen LogP contribution in [0.5, 0.6) is 0 Å². The van der Waals surface area contributed by atoms with E-state index in [0.717, 1.165) is 51.6 Å². The molecular weight excluding hydrogens is 442 g/mol. The first kappa shape index (κ1) is 21.0. The van der Waals surface area contributed by atoms with Gasteiger partial charge in [0.25, 0.3) is 5.91 Å². The summed E-state index contributed by atoms with van der Waals surface area (Å²) in [5.74, 6) is 0.0937. The average Bonchev–Trinajstić information content (AvgIpc) is 3.70. The largest absolute Gasteiger partial charge is 0.361 e.